The normalized spacial score (nSPS) is 18.1. The van der Waals surface area contributed by atoms with E-state index in [1.165, 1.54) is 34.4 Å². The van der Waals surface area contributed by atoms with Crippen molar-refractivity contribution >= 4 is 22.3 Å². The first kappa shape index (κ1) is 13.0. The van der Waals surface area contributed by atoms with Crippen LogP contribution in [0.25, 0.3) is 21.5 Å². The molecule has 0 saturated carbocycles. The predicted molar refractivity (Wildman–Crippen MR) is 86.8 cm³/mol. The van der Waals surface area contributed by atoms with Crippen LogP contribution >= 0.6 is 11.3 Å². The highest BCUT2D eigenvalue weighted by atomic mass is 32.1. The van der Waals surface area contributed by atoms with Crippen molar-refractivity contribution in [2.75, 3.05) is 7.05 Å². The molecule has 4 heteroatoms. The van der Waals surface area contributed by atoms with Crippen LogP contribution in [0.1, 0.15) is 35.2 Å². The lowest BCUT2D eigenvalue weighted by atomic mass is 9.98. The van der Waals surface area contributed by atoms with Gasteiger partial charge in [0, 0.05) is 16.3 Å². The fourth-order valence-electron chi connectivity index (χ4n) is 3.24. The van der Waals surface area contributed by atoms with Gasteiger partial charge in [-0.3, -0.25) is 0 Å². The van der Waals surface area contributed by atoms with E-state index in [2.05, 4.69) is 17.4 Å². The summed E-state index contributed by atoms with van der Waals surface area (Å²) in [5.41, 5.74) is 3.38. The minimum Gasteiger partial charge on any atom is -0.461 e. The van der Waals surface area contributed by atoms with Crippen molar-refractivity contribution in [2.45, 2.75) is 32.2 Å². The first-order chi connectivity index (χ1) is 10.3. The van der Waals surface area contributed by atoms with Crippen molar-refractivity contribution < 1.29 is 4.42 Å². The predicted octanol–water partition coefficient (Wildman–Crippen LogP) is 4.46. The Morgan fingerprint density at radius 2 is 2.19 bits per heavy atom. The molecule has 0 aliphatic heterocycles. The standard InChI is InChI=1S/C17H18N2OS/c1-10-15(11-6-3-4-9-14(11)20-10)17-19-13-8-5-7-12(18-2)16(13)21-17/h3-4,6,9,12,18H,5,7-8H2,1-2H3. The summed E-state index contributed by atoms with van der Waals surface area (Å²) in [7, 11) is 2.04. The maximum atomic E-state index is 5.89. The van der Waals surface area contributed by atoms with Gasteiger partial charge in [0.25, 0.3) is 0 Å². The Balaban J connectivity index is 1.90. The largest absolute Gasteiger partial charge is 0.461 e. The molecule has 0 bridgehead atoms. The van der Waals surface area contributed by atoms with Crippen LogP contribution in [0.2, 0.25) is 0 Å². The second-order valence-corrected chi connectivity index (χ2v) is 6.62. The third-order valence-corrected chi connectivity index (χ3v) is 5.51. The molecule has 3 nitrogen and oxygen atoms in total. The first-order valence-corrected chi connectivity index (χ1v) is 8.25. The molecule has 1 N–H and O–H groups in total. The number of furan rings is 1. The number of aromatic nitrogens is 1. The molecule has 1 unspecified atom stereocenters. The molecular weight excluding hydrogens is 280 g/mol. The number of hydrogen-bond donors (Lipinski definition) is 1. The van der Waals surface area contributed by atoms with E-state index < -0.39 is 0 Å². The Labute approximate surface area is 128 Å². The summed E-state index contributed by atoms with van der Waals surface area (Å²) in [5, 5.41) is 5.69. The van der Waals surface area contributed by atoms with Crippen molar-refractivity contribution in [2.24, 2.45) is 0 Å². The zero-order valence-corrected chi connectivity index (χ0v) is 13.1. The Bertz CT molecular complexity index is 802. The van der Waals surface area contributed by atoms with Gasteiger partial charge in [-0.05, 0) is 39.3 Å². The lowest BCUT2D eigenvalue weighted by Crippen LogP contribution is -2.19. The smallest absolute Gasteiger partial charge is 0.135 e. The SMILES string of the molecule is CNC1CCCc2nc(-c3c(C)oc4ccccc34)sc21. The summed E-state index contributed by atoms with van der Waals surface area (Å²) in [4.78, 5) is 6.33. The minimum atomic E-state index is 0.457. The number of para-hydroxylation sites is 1. The van der Waals surface area contributed by atoms with E-state index in [-0.39, 0.29) is 0 Å². The average molecular weight is 298 g/mol. The van der Waals surface area contributed by atoms with Crippen LogP contribution in [0.15, 0.2) is 28.7 Å². The summed E-state index contributed by atoms with van der Waals surface area (Å²) in [6, 6.07) is 8.68. The summed E-state index contributed by atoms with van der Waals surface area (Å²) in [6.45, 7) is 2.03. The van der Waals surface area contributed by atoms with E-state index in [1.54, 1.807) is 0 Å². The van der Waals surface area contributed by atoms with Crippen LogP contribution in [0, 0.1) is 6.92 Å². The molecule has 0 fully saturated rings. The van der Waals surface area contributed by atoms with Gasteiger partial charge < -0.3 is 9.73 Å². The highest BCUT2D eigenvalue weighted by molar-refractivity contribution is 7.15. The van der Waals surface area contributed by atoms with Crippen molar-refractivity contribution in [3.8, 4) is 10.6 Å². The number of hydrogen-bond acceptors (Lipinski definition) is 4. The Morgan fingerprint density at radius 1 is 1.33 bits per heavy atom. The van der Waals surface area contributed by atoms with Gasteiger partial charge in [-0.2, -0.15) is 0 Å². The molecule has 3 aromatic rings. The minimum absolute atomic E-state index is 0.457. The average Bonchev–Trinajstić information content (AvgIpc) is 3.05. The molecular formula is C17H18N2OS. The number of aryl methyl sites for hydroxylation is 2. The van der Waals surface area contributed by atoms with E-state index in [4.69, 9.17) is 9.40 Å². The first-order valence-electron chi connectivity index (χ1n) is 7.43. The van der Waals surface area contributed by atoms with Crippen molar-refractivity contribution in [1.82, 2.24) is 10.3 Å². The third kappa shape index (κ3) is 2.01. The second kappa shape index (κ2) is 4.97. The summed E-state index contributed by atoms with van der Waals surface area (Å²) < 4.78 is 5.89. The molecule has 1 aliphatic carbocycles. The quantitative estimate of drug-likeness (QED) is 0.759. The molecule has 2 heterocycles. The van der Waals surface area contributed by atoms with Gasteiger partial charge in [0.2, 0.25) is 0 Å². The molecule has 0 spiro atoms. The monoisotopic (exact) mass is 298 g/mol. The van der Waals surface area contributed by atoms with Gasteiger partial charge in [0.05, 0.1) is 11.3 Å². The Morgan fingerprint density at radius 3 is 3.05 bits per heavy atom. The zero-order chi connectivity index (χ0) is 14.4. The van der Waals surface area contributed by atoms with Crippen LogP contribution in [-0.2, 0) is 6.42 Å². The second-order valence-electron chi connectivity index (χ2n) is 5.59. The highest BCUT2D eigenvalue weighted by Crippen LogP contribution is 2.41. The zero-order valence-electron chi connectivity index (χ0n) is 12.3. The lowest BCUT2D eigenvalue weighted by Gasteiger charge is -2.19. The fourth-order valence-corrected chi connectivity index (χ4v) is 4.60. The van der Waals surface area contributed by atoms with Crippen LogP contribution in [0.3, 0.4) is 0 Å². The van der Waals surface area contributed by atoms with E-state index in [1.807, 2.05) is 37.4 Å². The summed E-state index contributed by atoms with van der Waals surface area (Å²) in [6.07, 6.45) is 3.52. The fraction of sp³-hybridized carbons (Fsp3) is 0.353. The number of thiazole rings is 1. The van der Waals surface area contributed by atoms with E-state index >= 15 is 0 Å². The van der Waals surface area contributed by atoms with Crippen LogP contribution in [0.5, 0.6) is 0 Å². The van der Waals surface area contributed by atoms with Crippen LogP contribution in [0.4, 0.5) is 0 Å². The molecule has 0 amide bonds. The maximum absolute atomic E-state index is 5.89. The number of nitrogens with zero attached hydrogens (tertiary/aromatic N) is 1. The van der Waals surface area contributed by atoms with Crippen molar-refractivity contribution in [3.63, 3.8) is 0 Å². The van der Waals surface area contributed by atoms with Gasteiger partial charge in [-0.15, -0.1) is 11.3 Å². The van der Waals surface area contributed by atoms with Crippen molar-refractivity contribution in [3.05, 3.63) is 40.6 Å². The topological polar surface area (TPSA) is 38.1 Å². The van der Waals surface area contributed by atoms with Gasteiger partial charge >= 0.3 is 0 Å². The Hall–Kier alpha value is -1.65. The molecule has 0 saturated heterocycles. The van der Waals surface area contributed by atoms with Crippen LogP contribution in [-0.4, -0.2) is 12.0 Å². The van der Waals surface area contributed by atoms with Gasteiger partial charge in [0.1, 0.15) is 16.4 Å². The Kier molecular flexibility index (Phi) is 3.08. The third-order valence-electron chi connectivity index (χ3n) is 4.28. The highest BCUT2D eigenvalue weighted by Gasteiger charge is 2.25. The summed E-state index contributed by atoms with van der Waals surface area (Å²) >= 11 is 1.82. The van der Waals surface area contributed by atoms with Crippen LogP contribution < -0.4 is 5.32 Å². The summed E-state index contributed by atoms with van der Waals surface area (Å²) in [5.74, 6) is 0.961. The van der Waals surface area contributed by atoms with Crippen molar-refractivity contribution in [1.29, 1.82) is 0 Å². The molecule has 108 valence electrons. The van der Waals surface area contributed by atoms with Gasteiger partial charge in [-0.1, -0.05) is 18.2 Å². The number of benzene rings is 1. The molecule has 1 aliphatic rings. The number of rotatable bonds is 2. The number of fused-ring (bicyclic) bond motifs is 2. The lowest BCUT2D eigenvalue weighted by molar-refractivity contribution is 0.501. The molecule has 2 aromatic heterocycles. The molecule has 0 radical (unpaired) electrons. The maximum Gasteiger partial charge on any atom is 0.135 e. The van der Waals surface area contributed by atoms with E-state index in [0.717, 1.165) is 22.8 Å². The number of nitrogens with one attached hydrogen (secondary N) is 1. The van der Waals surface area contributed by atoms with E-state index in [0.29, 0.717) is 6.04 Å². The van der Waals surface area contributed by atoms with Gasteiger partial charge in [0.15, 0.2) is 0 Å². The van der Waals surface area contributed by atoms with E-state index in [9.17, 15) is 0 Å². The molecule has 4 rings (SSSR count). The molecule has 21 heavy (non-hydrogen) atoms. The molecule has 1 aromatic carbocycles. The molecule has 1 atom stereocenters. The van der Waals surface area contributed by atoms with Gasteiger partial charge in [-0.25, -0.2) is 4.98 Å².